The van der Waals surface area contributed by atoms with Crippen LogP contribution in [0.5, 0.6) is 5.75 Å². The summed E-state index contributed by atoms with van der Waals surface area (Å²) in [6.45, 7) is 0. The van der Waals surface area contributed by atoms with Crippen LogP contribution in [0.3, 0.4) is 0 Å². The molecule has 4 rings (SSSR count). The molecule has 1 nitrogen and oxygen atoms in total. The molecule has 0 bridgehead atoms. The van der Waals surface area contributed by atoms with Crippen LogP contribution in [0.1, 0.15) is 12.0 Å². The van der Waals surface area contributed by atoms with Gasteiger partial charge in [0.05, 0.1) is 0 Å². The molecule has 0 atom stereocenters. The third-order valence-electron chi connectivity index (χ3n) is 3.76. The summed E-state index contributed by atoms with van der Waals surface area (Å²) >= 11 is 0. The van der Waals surface area contributed by atoms with Crippen LogP contribution < -0.4 is 5.22 Å². The molecule has 0 heterocycles. The Balaban J connectivity index is 2.45. The summed E-state index contributed by atoms with van der Waals surface area (Å²) in [5.74, 6) is 0.414. The minimum Gasteiger partial charge on any atom is -0.507 e. The summed E-state index contributed by atoms with van der Waals surface area (Å²) in [5.41, 5.74) is 1.36. The lowest BCUT2D eigenvalue weighted by Gasteiger charge is -2.15. The standard InChI is InChI=1S/C16H12O/c17-14-9-12-5-1-3-10-7-8-11-4-2-6-13(14)16(11)15(10)12/h1,3,5-9,17H,2,4H2. The second-order valence-electron chi connectivity index (χ2n) is 4.73. The lowest BCUT2D eigenvalue weighted by atomic mass is 9.90. The van der Waals surface area contributed by atoms with E-state index in [0.717, 1.165) is 23.4 Å². The van der Waals surface area contributed by atoms with E-state index < -0.39 is 0 Å². The van der Waals surface area contributed by atoms with Crippen LogP contribution in [0.2, 0.25) is 0 Å². The summed E-state index contributed by atoms with van der Waals surface area (Å²) in [6, 6.07) is 12.5. The van der Waals surface area contributed by atoms with Gasteiger partial charge in [0.25, 0.3) is 0 Å². The Morgan fingerprint density at radius 2 is 1.82 bits per heavy atom. The summed E-state index contributed by atoms with van der Waals surface area (Å²) in [6.07, 6.45) is 4.26. The van der Waals surface area contributed by atoms with Crippen LogP contribution in [0.25, 0.3) is 27.6 Å². The summed E-state index contributed by atoms with van der Waals surface area (Å²) < 4.78 is 0. The van der Waals surface area contributed by atoms with Gasteiger partial charge in [-0.05, 0) is 46.0 Å². The van der Waals surface area contributed by atoms with Crippen molar-refractivity contribution in [2.75, 3.05) is 0 Å². The number of aromatic hydroxyl groups is 1. The first-order valence-corrected chi connectivity index (χ1v) is 6.01. The highest BCUT2D eigenvalue weighted by Crippen LogP contribution is 2.31. The summed E-state index contributed by atoms with van der Waals surface area (Å²) in [4.78, 5) is 0. The van der Waals surface area contributed by atoms with E-state index in [0.29, 0.717) is 5.75 Å². The molecule has 0 saturated carbocycles. The second kappa shape index (κ2) is 3.01. The summed E-state index contributed by atoms with van der Waals surface area (Å²) in [7, 11) is 0. The maximum absolute atomic E-state index is 10.1. The van der Waals surface area contributed by atoms with Gasteiger partial charge in [0.2, 0.25) is 0 Å². The Kier molecular flexibility index (Phi) is 1.60. The molecule has 0 aliphatic heterocycles. The minimum absolute atomic E-state index is 0.414. The van der Waals surface area contributed by atoms with Crippen LogP contribution in [0.4, 0.5) is 0 Å². The topological polar surface area (TPSA) is 20.2 Å². The van der Waals surface area contributed by atoms with Gasteiger partial charge in [-0.15, -0.1) is 0 Å². The van der Waals surface area contributed by atoms with E-state index in [4.69, 9.17) is 0 Å². The van der Waals surface area contributed by atoms with E-state index in [1.807, 2.05) is 12.1 Å². The van der Waals surface area contributed by atoms with Crippen molar-refractivity contribution in [1.29, 1.82) is 0 Å². The van der Waals surface area contributed by atoms with Gasteiger partial charge in [0.15, 0.2) is 0 Å². The van der Waals surface area contributed by atoms with Gasteiger partial charge >= 0.3 is 0 Å². The number of benzene rings is 3. The monoisotopic (exact) mass is 220 g/mol. The molecule has 3 aromatic carbocycles. The molecule has 82 valence electrons. The fourth-order valence-electron chi connectivity index (χ4n) is 3.02. The molecule has 17 heavy (non-hydrogen) atoms. The average Bonchev–Trinajstić information content (AvgIpc) is 2.37. The van der Waals surface area contributed by atoms with Crippen molar-refractivity contribution in [2.24, 2.45) is 0 Å². The Morgan fingerprint density at radius 1 is 0.941 bits per heavy atom. The molecule has 1 heteroatoms. The number of aryl methyl sites for hydroxylation is 1. The highest BCUT2D eigenvalue weighted by molar-refractivity contribution is 6.12. The molecule has 0 saturated heterocycles. The lowest BCUT2D eigenvalue weighted by molar-refractivity contribution is 0.472. The molecule has 1 aliphatic rings. The Labute approximate surface area is 99.0 Å². The minimum atomic E-state index is 0.414. The lowest BCUT2D eigenvalue weighted by Crippen LogP contribution is -2.10. The van der Waals surface area contributed by atoms with Crippen LogP contribution in [-0.4, -0.2) is 5.11 Å². The maximum atomic E-state index is 10.1. The van der Waals surface area contributed by atoms with Crippen LogP contribution in [0.15, 0.2) is 36.4 Å². The number of hydrogen-bond acceptors (Lipinski definition) is 1. The van der Waals surface area contributed by atoms with Gasteiger partial charge in [-0.25, -0.2) is 0 Å². The number of phenolic OH excluding ortho intramolecular Hbond substituents is 1. The third-order valence-corrected chi connectivity index (χ3v) is 3.76. The van der Waals surface area contributed by atoms with Crippen molar-refractivity contribution in [3.8, 4) is 5.75 Å². The molecule has 3 aromatic rings. The van der Waals surface area contributed by atoms with Crippen LogP contribution in [0, 0.1) is 0 Å². The molecule has 0 unspecified atom stereocenters. The smallest absolute Gasteiger partial charge is 0.123 e. The van der Waals surface area contributed by atoms with Gasteiger partial charge in [0, 0.05) is 5.22 Å². The van der Waals surface area contributed by atoms with Crippen molar-refractivity contribution in [1.82, 2.24) is 0 Å². The molecule has 0 aromatic heterocycles. The van der Waals surface area contributed by atoms with E-state index in [1.54, 1.807) is 0 Å². The molecular weight excluding hydrogens is 208 g/mol. The SMILES string of the molecule is Oc1cc2cccc3ccc4c(c1=CCC4)c32. The van der Waals surface area contributed by atoms with Crippen molar-refractivity contribution >= 4 is 27.6 Å². The largest absolute Gasteiger partial charge is 0.507 e. The van der Waals surface area contributed by atoms with Gasteiger partial charge in [-0.3, -0.25) is 0 Å². The first-order valence-electron chi connectivity index (χ1n) is 6.01. The molecule has 0 spiro atoms. The normalized spacial score (nSPS) is 14.1. The highest BCUT2D eigenvalue weighted by atomic mass is 16.3. The van der Waals surface area contributed by atoms with Gasteiger partial charge in [-0.2, -0.15) is 0 Å². The molecule has 1 aliphatic carbocycles. The highest BCUT2D eigenvalue weighted by Gasteiger charge is 2.13. The zero-order valence-electron chi connectivity index (χ0n) is 9.40. The van der Waals surface area contributed by atoms with Gasteiger partial charge in [-0.1, -0.05) is 36.4 Å². The van der Waals surface area contributed by atoms with Crippen molar-refractivity contribution in [3.05, 3.63) is 47.2 Å². The Hall–Kier alpha value is -2.02. The van der Waals surface area contributed by atoms with Gasteiger partial charge in [0.1, 0.15) is 5.75 Å². The first kappa shape index (κ1) is 9.06. The van der Waals surface area contributed by atoms with Crippen LogP contribution in [-0.2, 0) is 6.42 Å². The van der Waals surface area contributed by atoms with E-state index in [-0.39, 0.29) is 0 Å². The molecular formula is C16H12O. The molecule has 0 fully saturated rings. The third kappa shape index (κ3) is 1.09. The number of hydrogen-bond donors (Lipinski definition) is 1. The zero-order chi connectivity index (χ0) is 11.4. The molecule has 0 amide bonds. The van der Waals surface area contributed by atoms with E-state index in [1.165, 1.54) is 21.7 Å². The predicted octanol–water partition coefficient (Wildman–Crippen LogP) is 3.14. The number of rotatable bonds is 0. The van der Waals surface area contributed by atoms with E-state index >= 15 is 0 Å². The average molecular weight is 220 g/mol. The fourth-order valence-corrected chi connectivity index (χ4v) is 3.02. The second-order valence-corrected chi connectivity index (χ2v) is 4.73. The van der Waals surface area contributed by atoms with Crippen molar-refractivity contribution in [3.63, 3.8) is 0 Å². The molecule has 1 N–H and O–H groups in total. The first-order chi connectivity index (χ1) is 8.34. The van der Waals surface area contributed by atoms with Crippen LogP contribution >= 0.6 is 0 Å². The van der Waals surface area contributed by atoms with Crippen molar-refractivity contribution < 1.29 is 5.11 Å². The van der Waals surface area contributed by atoms with Crippen molar-refractivity contribution in [2.45, 2.75) is 12.8 Å². The zero-order valence-corrected chi connectivity index (χ0v) is 9.40. The summed E-state index contributed by atoms with van der Waals surface area (Å²) in [5, 5.41) is 16.1. The number of phenols is 1. The fraction of sp³-hybridized carbons (Fsp3) is 0.125. The Bertz CT molecular complexity index is 799. The Morgan fingerprint density at radius 3 is 2.76 bits per heavy atom. The predicted molar refractivity (Wildman–Crippen MR) is 71.1 cm³/mol. The van der Waals surface area contributed by atoms with E-state index in [2.05, 4.69) is 30.3 Å². The van der Waals surface area contributed by atoms with E-state index in [9.17, 15) is 5.11 Å². The quantitative estimate of drug-likeness (QED) is 0.617. The maximum Gasteiger partial charge on any atom is 0.123 e. The van der Waals surface area contributed by atoms with Gasteiger partial charge < -0.3 is 5.11 Å². The molecule has 0 radical (unpaired) electrons.